The van der Waals surface area contributed by atoms with Crippen molar-refractivity contribution in [3.05, 3.63) is 0 Å². The van der Waals surface area contributed by atoms with Gasteiger partial charge in [0.2, 0.25) is 0 Å². The van der Waals surface area contributed by atoms with E-state index in [0.717, 1.165) is 12.0 Å². The first kappa shape index (κ1) is 18.0. The fraction of sp³-hybridized carbons (Fsp3) is 1.00. The lowest BCUT2D eigenvalue weighted by atomic mass is 9.85. The topological polar surface area (TPSA) is 12.0 Å². The molecule has 1 unspecified atom stereocenters. The van der Waals surface area contributed by atoms with Gasteiger partial charge in [-0.2, -0.15) is 0 Å². The second-order valence-electron chi connectivity index (χ2n) is 6.87. The van der Waals surface area contributed by atoms with E-state index in [2.05, 4.69) is 19.2 Å². The summed E-state index contributed by atoms with van der Waals surface area (Å²) >= 11 is 0. The zero-order valence-corrected chi connectivity index (χ0v) is 14.3. The molecule has 120 valence electrons. The molecule has 20 heavy (non-hydrogen) atoms. The summed E-state index contributed by atoms with van der Waals surface area (Å²) < 4.78 is 0. The third-order valence-electron chi connectivity index (χ3n) is 4.98. The van der Waals surface area contributed by atoms with E-state index in [1.807, 2.05) is 0 Å². The molecule has 0 saturated heterocycles. The Hall–Kier alpha value is -0.0400. The highest BCUT2D eigenvalue weighted by atomic mass is 14.9. The van der Waals surface area contributed by atoms with Crippen molar-refractivity contribution >= 4 is 0 Å². The predicted octanol–water partition coefficient (Wildman–Crippen LogP) is 6.08. The van der Waals surface area contributed by atoms with Crippen LogP contribution in [0.3, 0.4) is 0 Å². The van der Waals surface area contributed by atoms with Crippen LogP contribution < -0.4 is 5.32 Å². The monoisotopic (exact) mass is 281 g/mol. The minimum Gasteiger partial charge on any atom is -0.314 e. The molecular formula is C19H39N. The molecule has 1 fully saturated rings. The normalized spacial score (nSPS) is 21.9. The maximum atomic E-state index is 3.85. The Morgan fingerprint density at radius 2 is 1.25 bits per heavy atom. The molecule has 0 aliphatic heterocycles. The maximum Gasteiger partial charge on any atom is 0.00952 e. The molecule has 1 aliphatic rings. The molecule has 0 aromatic carbocycles. The summed E-state index contributed by atoms with van der Waals surface area (Å²) in [4.78, 5) is 0. The minimum absolute atomic E-state index is 0.794. The molecule has 0 amide bonds. The van der Waals surface area contributed by atoms with Crippen LogP contribution in [0.5, 0.6) is 0 Å². The van der Waals surface area contributed by atoms with E-state index in [1.54, 1.807) is 0 Å². The fourth-order valence-electron chi connectivity index (χ4n) is 3.74. The van der Waals surface area contributed by atoms with Gasteiger partial charge in [0.15, 0.2) is 0 Å². The van der Waals surface area contributed by atoms with Crippen LogP contribution in [0.4, 0.5) is 0 Å². The van der Waals surface area contributed by atoms with Crippen molar-refractivity contribution in [2.45, 2.75) is 110 Å². The lowest BCUT2D eigenvalue weighted by Gasteiger charge is -2.28. The predicted molar refractivity (Wildman–Crippen MR) is 91.3 cm³/mol. The molecule has 1 N–H and O–H groups in total. The Morgan fingerprint density at radius 1 is 0.750 bits per heavy atom. The fourth-order valence-corrected chi connectivity index (χ4v) is 3.74. The SMILES string of the molecule is CCCNC(CCC)C1CCCCCCCCCCC1. The molecule has 1 rings (SSSR count). The Labute approximate surface area is 128 Å². The molecule has 1 atom stereocenters. The standard InChI is InChI=1S/C19H39N/c1-3-14-19(20-17-4-2)18-15-12-10-8-6-5-7-9-11-13-16-18/h18-20H,3-17H2,1-2H3. The molecule has 0 aromatic heterocycles. The van der Waals surface area contributed by atoms with Gasteiger partial charge in [-0.3, -0.25) is 0 Å². The first-order chi connectivity index (χ1) is 9.88. The van der Waals surface area contributed by atoms with Crippen molar-refractivity contribution in [1.29, 1.82) is 0 Å². The molecule has 0 heterocycles. The van der Waals surface area contributed by atoms with Crippen LogP contribution in [0, 0.1) is 5.92 Å². The van der Waals surface area contributed by atoms with E-state index in [1.165, 1.54) is 96.4 Å². The molecule has 0 spiro atoms. The Kier molecular flexibility index (Phi) is 11.4. The lowest BCUT2D eigenvalue weighted by molar-refractivity contribution is 0.281. The van der Waals surface area contributed by atoms with Gasteiger partial charge in [0.1, 0.15) is 0 Å². The quantitative estimate of drug-likeness (QED) is 0.622. The van der Waals surface area contributed by atoms with Crippen molar-refractivity contribution < 1.29 is 0 Å². The van der Waals surface area contributed by atoms with Crippen molar-refractivity contribution in [2.75, 3.05) is 6.54 Å². The summed E-state index contributed by atoms with van der Waals surface area (Å²) in [5, 5.41) is 3.85. The average Bonchev–Trinajstić information content (AvgIpc) is 2.44. The number of nitrogens with one attached hydrogen (secondary N) is 1. The van der Waals surface area contributed by atoms with E-state index in [4.69, 9.17) is 0 Å². The minimum atomic E-state index is 0.794. The maximum absolute atomic E-state index is 3.85. The summed E-state index contributed by atoms with van der Waals surface area (Å²) in [7, 11) is 0. The van der Waals surface area contributed by atoms with Crippen molar-refractivity contribution in [1.82, 2.24) is 5.32 Å². The van der Waals surface area contributed by atoms with Gasteiger partial charge in [-0.05, 0) is 38.1 Å². The molecule has 0 radical (unpaired) electrons. The van der Waals surface area contributed by atoms with Gasteiger partial charge < -0.3 is 5.32 Å². The third-order valence-corrected chi connectivity index (χ3v) is 4.98. The van der Waals surface area contributed by atoms with E-state index in [-0.39, 0.29) is 0 Å². The van der Waals surface area contributed by atoms with E-state index in [9.17, 15) is 0 Å². The second-order valence-corrected chi connectivity index (χ2v) is 6.87. The zero-order valence-electron chi connectivity index (χ0n) is 14.3. The average molecular weight is 282 g/mol. The summed E-state index contributed by atoms with van der Waals surface area (Å²) in [6.45, 7) is 5.84. The van der Waals surface area contributed by atoms with Crippen LogP contribution in [0.25, 0.3) is 0 Å². The molecule has 1 saturated carbocycles. The molecule has 0 aromatic rings. The number of hydrogen-bond donors (Lipinski definition) is 1. The number of rotatable bonds is 6. The van der Waals surface area contributed by atoms with E-state index in [0.29, 0.717) is 0 Å². The largest absolute Gasteiger partial charge is 0.314 e. The molecule has 1 aliphatic carbocycles. The van der Waals surface area contributed by atoms with Gasteiger partial charge in [0.05, 0.1) is 0 Å². The second kappa shape index (κ2) is 12.7. The van der Waals surface area contributed by atoms with Crippen LogP contribution in [0.15, 0.2) is 0 Å². The first-order valence-corrected chi connectivity index (χ1v) is 9.61. The van der Waals surface area contributed by atoms with Crippen molar-refractivity contribution in [3.63, 3.8) is 0 Å². The van der Waals surface area contributed by atoms with Gasteiger partial charge in [0.25, 0.3) is 0 Å². The zero-order chi connectivity index (χ0) is 14.5. The highest BCUT2D eigenvalue weighted by Gasteiger charge is 2.19. The van der Waals surface area contributed by atoms with Gasteiger partial charge in [-0.15, -0.1) is 0 Å². The van der Waals surface area contributed by atoms with Gasteiger partial charge in [-0.25, -0.2) is 0 Å². The van der Waals surface area contributed by atoms with Crippen molar-refractivity contribution in [2.24, 2.45) is 5.92 Å². The summed E-state index contributed by atoms with van der Waals surface area (Å²) in [5.74, 6) is 0.945. The summed E-state index contributed by atoms with van der Waals surface area (Å²) in [5.41, 5.74) is 0. The first-order valence-electron chi connectivity index (χ1n) is 9.61. The molecule has 0 bridgehead atoms. The smallest absolute Gasteiger partial charge is 0.00952 e. The van der Waals surface area contributed by atoms with Crippen LogP contribution in [0.2, 0.25) is 0 Å². The lowest BCUT2D eigenvalue weighted by Crippen LogP contribution is -2.36. The van der Waals surface area contributed by atoms with Crippen LogP contribution >= 0.6 is 0 Å². The van der Waals surface area contributed by atoms with Crippen LogP contribution in [-0.4, -0.2) is 12.6 Å². The van der Waals surface area contributed by atoms with Gasteiger partial charge in [-0.1, -0.05) is 78.1 Å². The van der Waals surface area contributed by atoms with E-state index >= 15 is 0 Å². The highest BCUT2D eigenvalue weighted by Crippen LogP contribution is 2.25. The van der Waals surface area contributed by atoms with Crippen molar-refractivity contribution in [3.8, 4) is 0 Å². The Bertz CT molecular complexity index is 190. The third kappa shape index (κ3) is 8.29. The van der Waals surface area contributed by atoms with Crippen LogP contribution in [0.1, 0.15) is 104 Å². The van der Waals surface area contributed by atoms with E-state index < -0.39 is 0 Å². The summed E-state index contributed by atoms with van der Waals surface area (Å²) in [6, 6.07) is 0.794. The molecule has 1 nitrogen and oxygen atoms in total. The number of hydrogen-bond acceptors (Lipinski definition) is 1. The molecular weight excluding hydrogens is 242 g/mol. The molecule has 1 heteroatoms. The Balaban J connectivity index is 2.44. The summed E-state index contributed by atoms with van der Waals surface area (Å²) in [6.07, 6.45) is 20.2. The van der Waals surface area contributed by atoms with Gasteiger partial charge >= 0.3 is 0 Å². The van der Waals surface area contributed by atoms with Crippen LogP contribution in [-0.2, 0) is 0 Å². The highest BCUT2D eigenvalue weighted by molar-refractivity contribution is 4.77. The Morgan fingerprint density at radius 3 is 1.70 bits per heavy atom. The van der Waals surface area contributed by atoms with Gasteiger partial charge in [0, 0.05) is 6.04 Å².